The van der Waals surface area contributed by atoms with Crippen LogP contribution in [-0.2, 0) is 22.6 Å². The predicted molar refractivity (Wildman–Crippen MR) is 271 cm³/mol. The number of benzene rings is 5. The third-order valence-electron chi connectivity index (χ3n) is 16.9. The molecule has 0 amide bonds. The van der Waals surface area contributed by atoms with Gasteiger partial charge in [0.1, 0.15) is 37.4 Å². The van der Waals surface area contributed by atoms with Crippen LogP contribution in [0.4, 0.5) is 0 Å². The lowest BCUT2D eigenvalue weighted by atomic mass is 9.70. The van der Waals surface area contributed by atoms with E-state index in [4.69, 9.17) is 19.4 Å². The van der Waals surface area contributed by atoms with E-state index in [2.05, 4.69) is 148 Å². The number of aromatic nitrogens is 2. The smallest absolute Gasteiger partial charge is 0.135 e. The van der Waals surface area contributed by atoms with E-state index >= 15 is 0 Å². The standard InChI is InChI=1S/C60H64N4O2/c1-5-33-65-59(51-25-29-61-55-23-15-13-21-49(51)55)57-35-43-27-31-63(57,37-41(43)7-3)39-53-45-17-9-11-19-47(45)54(48-20-12-10-18-46(48)53)40-64-32-28-44(42(8-4)38-64)36-58(64)60(66-34-6-2)52-26-30-62-56-24-16-14-22-50(52)56/h5-26,29-30,41-44,57-60H,1-4,27-28,31-40H2/q+2. The topological polar surface area (TPSA) is 44.2 Å². The first-order valence-corrected chi connectivity index (χ1v) is 24.5. The first-order valence-electron chi connectivity index (χ1n) is 24.5. The summed E-state index contributed by atoms with van der Waals surface area (Å²) in [5.74, 6) is 2.10. The van der Waals surface area contributed by atoms with Crippen molar-refractivity contribution in [3.05, 3.63) is 194 Å². The highest BCUT2D eigenvalue weighted by molar-refractivity contribution is 6.05. The molecule has 7 aromatic rings. The van der Waals surface area contributed by atoms with E-state index in [0.29, 0.717) is 36.9 Å². The van der Waals surface area contributed by atoms with Gasteiger partial charge in [-0.25, -0.2) is 0 Å². The number of fused-ring (bicyclic) bond motifs is 10. The second-order valence-electron chi connectivity index (χ2n) is 20.0. The van der Waals surface area contributed by atoms with Crippen molar-refractivity contribution in [1.82, 2.24) is 9.97 Å². The van der Waals surface area contributed by atoms with Crippen LogP contribution >= 0.6 is 0 Å². The molecule has 6 nitrogen and oxygen atoms in total. The lowest BCUT2D eigenvalue weighted by Gasteiger charge is -2.59. The lowest BCUT2D eigenvalue weighted by molar-refractivity contribution is -0.985. The Hall–Kier alpha value is -5.76. The third-order valence-corrected chi connectivity index (χ3v) is 16.9. The molecule has 10 atom stereocenters. The molecule has 5 aromatic carbocycles. The van der Waals surface area contributed by atoms with E-state index in [0.717, 1.165) is 72.1 Å². The van der Waals surface area contributed by atoms with Gasteiger partial charge in [0.05, 0.1) is 50.4 Å². The zero-order valence-corrected chi connectivity index (χ0v) is 38.4. The molecule has 0 spiro atoms. The van der Waals surface area contributed by atoms with Crippen molar-refractivity contribution in [1.29, 1.82) is 0 Å². The van der Waals surface area contributed by atoms with Gasteiger partial charge in [0, 0.05) is 71.8 Å². The number of para-hydroxylation sites is 2. The number of quaternary nitrogens is 2. The van der Waals surface area contributed by atoms with Gasteiger partial charge < -0.3 is 18.4 Å². The Morgan fingerprint density at radius 1 is 0.515 bits per heavy atom. The van der Waals surface area contributed by atoms with Gasteiger partial charge in [-0.2, -0.15) is 0 Å². The molecule has 2 aromatic heterocycles. The zero-order valence-electron chi connectivity index (χ0n) is 38.4. The first-order chi connectivity index (χ1) is 32.5. The van der Waals surface area contributed by atoms with E-state index in [-0.39, 0.29) is 24.3 Å². The van der Waals surface area contributed by atoms with Gasteiger partial charge in [0.25, 0.3) is 0 Å². The molecular formula is C60H64N4O2+2. The average Bonchev–Trinajstić information content (AvgIpc) is 3.38. The monoisotopic (exact) mass is 873 g/mol. The molecule has 6 saturated heterocycles. The predicted octanol–water partition coefficient (Wildman–Crippen LogP) is 12.8. The summed E-state index contributed by atoms with van der Waals surface area (Å²) < 4.78 is 16.0. The van der Waals surface area contributed by atoms with Crippen molar-refractivity contribution in [2.45, 2.75) is 63.1 Å². The van der Waals surface area contributed by atoms with Crippen LogP contribution in [0.25, 0.3) is 43.4 Å². The molecule has 6 fully saturated rings. The van der Waals surface area contributed by atoms with Gasteiger partial charge in [-0.15, -0.1) is 26.3 Å². The number of piperidine rings is 6. The second-order valence-corrected chi connectivity index (χ2v) is 20.0. The van der Waals surface area contributed by atoms with E-state index in [1.807, 2.05) is 24.5 Å². The number of hydrogen-bond donors (Lipinski definition) is 0. The SMILES string of the molecule is C=CCOC(c1ccnc2ccccc12)C1CC2CC[N+]1(Cc1c3ccccc3c(C[N+]34CCC(CC3C(OCC=C)c3ccnc5ccccc35)C(C=C)C4)c3ccccc13)CC2C=C. The van der Waals surface area contributed by atoms with Crippen LogP contribution in [0.1, 0.15) is 60.1 Å². The Morgan fingerprint density at radius 3 is 1.27 bits per heavy atom. The molecule has 0 N–H and O–H groups in total. The Bertz CT molecular complexity index is 2710. The summed E-state index contributed by atoms with van der Waals surface area (Å²) in [7, 11) is 0. The largest absolute Gasteiger partial charge is 0.363 e. The second kappa shape index (κ2) is 17.8. The minimum Gasteiger partial charge on any atom is -0.363 e. The molecule has 0 radical (unpaired) electrons. The van der Waals surface area contributed by atoms with Crippen LogP contribution in [0.5, 0.6) is 0 Å². The maximum atomic E-state index is 7.03. The third kappa shape index (κ3) is 7.25. The molecule has 8 heterocycles. The van der Waals surface area contributed by atoms with E-state index < -0.39 is 0 Å². The van der Waals surface area contributed by atoms with Crippen LogP contribution in [-0.4, -0.2) is 70.4 Å². The summed E-state index contributed by atoms with van der Waals surface area (Å²) in [6.45, 7) is 24.3. The highest BCUT2D eigenvalue weighted by Gasteiger charge is 2.57. The Labute approximate surface area is 390 Å². The lowest BCUT2D eigenvalue weighted by Crippen LogP contribution is -2.68. The molecule has 334 valence electrons. The highest BCUT2D eigenvalue weighted by atomic mass is 16.5. The van der Waals surface area contributed by atoms with Gasteiger partial charge in [0.2, 0.25) is 0 Å². The number of hydrogen-bond acceptors (Lipinski definition) is 4. The Balaban J connectivity index is 1.06. The zero-order chi connectivity index (χ0) is 44.8. The molecule has 13 rings (SSSR count). The summed E-state index contributed by atoms with van der Waals surface area (Å²) in [6, 6.07) is 40.8. The average molecular weight is 873 g/mol. The van der Waals surface area contributed by atoms with Crippen LogP contribution in [0.2, 0.25) is 0 Å². The summed E-state index contributed by atoms with van der Waals surface area (Å²) >= 11 is 0. The molecule has 66 heavy (non-hydrogen) atoms. The van der Waals surface area contributed by atoms with Crippen LogP contribution < -0.4 is 0 Å². The van der Waals surface area contributed by atoms with Gasteiger partial charge in [-0.1, -0.05) is 109 Å². The maximum absolute atomic E-state index is 7.03. The number of nitrogens with zero attached hydrogens (tertiary/aromatic N) is 4. The van der Waals surface area contributed by atoms with Crippen molar-refractivity contribution in [3.63, 3.8) is 0 Å². The summed E-state index contributed by atoms with van der Waals surface area (Å²) in [6.07, 6.45) is 16.7. The highest BCUT2D eigenvalue weighted by Crippen LogP contribution is 2.53. The number of pyridine rings is 2. The fourth-order valence-corrected chi connectivity index (χ4v) is 13.9. The summed E-state index contributed by atoms with van der Waals surface area (Å²) in [4.78, 5) is 9.58. The maximum Gasteiger partial charge on any atom is 0.135 e. The summed E-state index contributed by atoms with van der Waals surface area (Å²) in [5.41, 5.74) is 7.40. The van der Waals surface area contributed by atoms with Crippen molar-refractivity contribution in [3.8, 4) is 0 Å². The Morgan fingerprint density at radius 2 is 0.894 bits per heavy atom. The van der Waals surface area contributed by atoms with Gasteiger partial charge in [-0.3, -0.25) is 9.97 Å². The molecule has 6 aliphatic heterocycles. The molecule has 0 aliphatic carbocycles. The van der Waals surface area contributed by atoms with Crippen molar-refractivity contribution >= 4 is 43.4 Å². The van der Waals surface area contributed by atoms with E-state index in [9.17, 15) is 0 Å². The normalized spacial score (nSPS) is 27.8. The molecule has 4 bridgehead atoms. The molecule has 6 aliphatic rings. The van der Waals surface area contributed by atoms with Gasteiger partial charge in [0.15, 0.2) is 0 Å². The summed E-state index contributed by atoms with van der Waals surface area (Å²) in [5, 5.41) is 7.85. The number of ether oxygens (including phenoxy) is 2. The van der Waals surface area contributed by atoms with Crippen molar-refractivity contribution in [2.75, 3.05) is 39.4 Å². The van der Waals surface area contributed by atoms with E-state index in [1.165, 1.54) is 67.4 Å². The van der Waals surface area contributed by atoms with Gasteiger partial charge >= 0.3 is 0 Å². The molecular weight excluding hydrogens is 809 g/mol. The number of rotatable bonds is 16. The molecule has 6 heteroatoms. The fourth-order valence-electron chi connectivity index (χ4n) is 13.9. The minimum absolute atomic E-state index is 0.109. The van der Waals surface area contributed by atoms with Crippen molar-refractivity contribution in [2.24, 2.45) is 23.7 Å². The van der Waals surface area contributed by atoms with Gasteiger partial charge in [-0.05, 0) is 68.8 Å². The minimum atomic E-state index is -0.109. The van der Waals surface area contributed by atoms with Crippen LogP contribution in [0.3, 0.4) is 0 Å². The Kier molecular flexibility index (Phi) is 11.6. The van der Waals surface area contributed by atoms with Crippen molar-refractivity contribution < 1.29 is 18.4 Å². The van der Waals surface area contributed by atoms with Crippen LogP contribution in [0, 0.1) is 23.7 Å². The quantitative estimate of drug-likeness (QED) is 0.0551. The first kappa shape index (κ1) is 42.8. The fraction of sp³-hybridized carbons (Fsp3) is 0.333. The molecule has 10 unspecified atom stereocenters. The molecule has 0 saturated carbocycles. The van der Waals surface area contributed by atoms with Crippen LogP contribution in [0.15, 0.2) is 172 Å². The van der Waals surface area contributed by atoms with E-state index in [1.54, 1.807) is 0 Å².